The van der Waals surface area contributed by atoms with E-state index in [1.807, 2.05) is 6.20 Å². The molecule has 0 radical (unpaired) electrons. The summed E-state index contributed by atoms with van der Waals surface area (Å²) in [6.45, 7) is 4.61. The van der Waals surface area contributed by atoms with Crippen LogP contribution in [0.25, 0.3) is 0 Å². The zero-order valence-corrected chi connectivity index (χ0v) is 10.3. The van der Waals surface area contributed by atoms with E-state index >= 15 is 0 Å². The zero-order valence-electron chi connectivity index (χ0n) is 10.3. The molecule has 2 aliphatic rings. The second kappa shape index (κ2) is 3.90. The van der Waals surface area contributed by atoms with Gasteiger partial charge in [0.2, 0.25) is 0 Å². The Hall–Kier alpha value is -0.790. The van der Waals surface area contributed by atoms with E-state index in [0.717, 1.165) is 23.5 Å². The van der Waals surface area contributed by atoms with Crippen LogP contribution in [-0.4, -0.2) is 4.98 Å². The molecule has 0 spiro atoms. The summed E-state index contributed by atoms with van der Waals surface area (Å²) in [5.74, 6) is 5.07. The molecule has 0 unspecified atom stereocenters. The number of hydrogen-bond donors (Lipinski definition) is 0. The summed E-state index contributed by atoms with van der Waals surface area (Å²) >= 11 is 0. The summed E-state index contributed by atoms with van der Waals surface area (Å²) in [7, 11) is 0. The lowest BCUT2D eigenvalue weighted by molar-refractivity contribution is 0.409. The smallest absolute Gasteiger partial charge is 0.197 e. The van der Waals surface area contributed by atoms with Gasteiger partial charge in [-0.2, -0.15) is 0 Å². The molecule has 2 saturated carbocycles. The van der Waals surface area contributed by atoms with Crippen LogP contribution in [0.1, 0.15) is 69.4 Å². The van der Waals surface area contributed by atoms with Crippen molar-refractivity contribution < 1.29 is 4.42 Å². The molecule has 16 heavy (non-hydrogen) atoms. The van der Waals surface area contributed by atoms with Gasteiger partial charge in [0.15, 0.2) is 5.89 Å². The fraction of sp³-hybridized carbons (Fsp3) is 0.786. The van der Waals surface area contributed by atoms with Gasteiger partial charge in [-0.1, -0.05) is 26.7 Å². The highest BCUT2D eigenvalue weighted by atomic mass is 16.4. The molecule has 0 N–H and O–H groups in total. The topological polar surface area (TPSA) is 26.0 Å². The molecule has 2 nitrogen and oxygen atoms in total. The SMILES string of the molecule is CC(C)[C@@H]1C[C@H]1c1cnc(C2CCCC2)o1. The van der Waals surface area contributed by atoms with Crippen molar-refractivity contribution in [3.05, 3.63) is 17.8 Å². The minimum absolute atomic E-state index is 0.616. The van der Waals surface area contributed by atoms with Crippen LogP contribution in [0.4, 0.5) is 0 Å². The van der Waals surface area contributed by atoms with Crippen molar-refractivity contribution in [2.24, 2.45) is 11.8 Å². The lowest BCUT2D eigenvalue weighted by Crippen LogP contribution is -1.92. The quantitative estimate of drug-likeness (QED) is 0.765. The van der Waals surface area contributed by atoms with Crippen LogP contribution in [0.15, 0.2) is 10.6 Å². The van der Waals surface area contributed by atoms with Gasteiger partial charge in [0, 0.05) is 11.8 Å². The molecule has 0 saturated heterocycles. The molecule has 3 rings (SSSR count). The summed E-state index contributed by atoms with van der Waals surface area (Å²) < 4.78 is 5.96. The number of nitrogens with zero attached hydrogens (tertiary/aromatic N) is 1. The van der Waals surface area contributed by atoms with E-state index in [2.05, 4.69) is 18.8 Å². The Balaban J connectivity index is 1.69. The van der Waals surface area contributed by atoms with E-state index in [9.17, 15) is 0 Å². The molecule has 0 bridgehead atoms. The van der Waals surface area contributed by atoms with Crippen molar-refractivity contribution in [2.45, 2.75) is 57.8 Å². The molecule has 2 fully saturated rings. The van der Waals surface area contributed by atoms with E-state index in [-0.39, 0.29) is 0 Å². The first-order valence-electron chi connectivity index (χ1n) is 6.71. The van der Waals surface area contributed by atoms with Gasteiger partial charge in [0.05, 0.1) is 6.20 Å². The second-order valence-electron chi connectivity index (χ2n) is 5.83. The molecular weight excluding hydrogens is 198 g/mol. The summed E-state index contributed by atoms with van der Waals surface area (Å²) in [6.07, 6.45) is 8.54. The predicted octanol–water partition coefficient (Wildman–Crippen LogP) is 4.09. The zero-order chi connectivity index (χ0) is 11.1. The minimum atomic E-state index is 0.616. The van der Waals surface area contributed by atoms with Gasteiger partial charge in [-0.15, -0.1) is 0 Å². The molecule has 2 aliphatic carbocycles. The normalized spacial score (nSPS) is 30.2. The molecule has 0 amide bonds. The van der Waals surface area contributed by atoms with Crippen molar-refractivity contribution in [3.63, 3.8) is 0 Å². The van der Waals surface area contributed by atoms with E-state index in [4.69, 9.17) is 4.42 Å². The third kappa shape index (κ3) is 1.79. The van der Waals surface area contributed by atoms with Crippen LogP contribution >= 0.6 is 0 Å². The number of rotatable bonds is 3. The Bertz CT molecular complexity index is 363. The molecule has 88 valence electrons. The largest absolute Gasteiger partial charge is 0.445 e. The van der Waals surface area contributed by atoms with Gasteiger partial charge in [-0.25, -0.2) is 4.98 Å². The van der Waals surface area contributed by atoms with E-state index in [1.54, 1.807) is 0 Å². The molecule has 1 heterocycles. The van der Waals surface area contributed by atoms with Crippen LogP contribution in [0.5, 0.6) is 0 Å². The summed E-state index contributed by atoms with van der Waals surface area (Å²) in [5, 5.41) is 0. The molecule has 1 aromatic rings. The van der Waals surface area contributed by atoms with Gasteiger partial charge in [0.1, 0.15) is 5.76 Å². The van der Waals surface area contributed by atoms with Crippen molar-refractivity contribution in [3.8, 4) is 0 Å². The maximum atomic E-state index is 5.96. The number of hydrogen-bond acceptors (Lipinski definition) is 2. The molecule has 0 aliphatic heterocycles. The molecule has 2 heteroatoms. The van der Waals surface area contributed by atoms with Crippen molar-refractivity contribution in [1.82, 2.24) is 4.98 Å². The lowest BCUT2D eigenvalue weighted by atomic mass is 10.1. The highest BCUT2D eigenvalue weighted by Crippen LogP contribution is 2.52. The second-order valence-corrected chi connectivity index (χ2v) is 5.83. The van der Waals surface area contributed by atoms with Gasteiger partial charge >= 0.3 is 0 Å². The predicted molar refractivity (Wildman–Crippen MR) is 63.4 cm³/mol. The Morgan fingerprint density at radius 3 is 2.69 bits per heavy atom. The van der Waals surface area contributed by atoms with Crippen LogP contribution < -0.4 is 0 Å². The Labute approximate surface area is 97.4 Å². The van der Waals surface area contributed by atoms with Gasteiger partial charge in [0.25, 0.3) is 0 Å². The van der Waals surface area contributed by atoms with Crippen molar-refractivity contribution in [2.75, 3.05) is 0 Å². The van der Waals surface area contributed by atoms with Crippen LogP contribution in [0.3, 0.4) is 0 Å². The number of aromatic nitrogens is 1. The van der Waals surface area contributed by atoms with E-state index < -0.39 is 0 Å². The van der Waals surface area contributed by atoms with E-state index in [0.29, 0.717) is 11.8 Å². The minimum Gasteiger partial charge on any atom is -0.445 e. The molecular formula is C14H21NO. The van der Waals surface area contributed by atoms with Crippen molar-refractivity contribution >= 4 is 0 Å². The lowest BCUT2D eigenvalue weighted by Gasteiger charge is -2.02. The first-order chi connectivity index (χ1) is 7.75. The molecule has 2 atom stereocenters. The summed E-state index contributed by atoms with van der Waals surface area (Å²) in [5.41, 5.74) is 0. The fourth-order valence-corrected chi connectivity index (χ4v) is 3.11. The standard InChI is InChI=1S/C14H21NO/c1-9(2)11-7-12(11)13-8-15-14(16-13)10-5-3-4-6-10/h8-12H,3-7H2,1-2H3/t11-,12+/m0/s1. The molecule has 0 aromatic carbocycles. The van der Waals surface area contributed by atoms with Gasteiger partial charge < -0.3 is 4.42 Å². The number of oxazole rings is 1. The third-order valence-electron chi connectivity index (χ3n) is 4.31. The van der Waals surface area contributed by atoms with E-state index in [1.165, 1.54) is 32.1 Å². The highest BCUT2D eigenvalue weighted by Gasteiger charge is 2.43. The van der Waals surface area contributed by atoms with Gasteiger partial charge in [-0.05, 0) is 31.1 Å². The summed E-state index contributed by atoms with van der Waals surface area (Å²) in [6, 6.07) is 0. The average molecular weight is 219 g/mol. The van der Waals surface area contributed by atoms with Crippen LogP contribution in [0.2, 0.25) is 0 Å². The van der Waals surface area contributed by atoms with Crippen LogP contribution in [-0.2, 0) is 0 Å². The van der Waals surface area contributed by atoms with Gasteiger partial charge in [-0.3, -0.25) is 0 Å². The Morgan fingerprint density at radius 2 is 2.06 bits per heavy atom. The first kappa shape index (κ1) is 10.4. The van der Waals surface area contributed by atoms with Crippen molar-refractivity contribution in [1.29, 1.82) is 0 Å². The Morgan fingerprint density at radius 1 is 1.31 bits per heavy atom. The fourth-order valence-electron chi connectivity index (χ4n) is 3.11. The monoisotopic (exact) mass is 219 g/mol. The average Bonchev–Trinajstić information content (AvgIpc) is 2.72. The third-order valence-corrected chi connectivity index (χ3v) is 4.31. The van der Waals surface area contributed by atoms with Crippen LogP contribution in [0, 0.1) is 11.8 Å². The Kier molecular flexibility index (Phi) is 2.53. The highest BCUT2D eigenvalue weighted by molar-refractivity contribution is 5.14. The maximum Gasteiger partial charge on any atom is 0.197 e. The molecule has 1 aromatic heterocycles. The first-order valence-corrected chi connectivity index (χ1v) is 6.71. The maximum absolute atomic E-state index is 5.96. The summed E-state index contributed by atoms with van der Waals surface area (Å²) in [4.78, 5) is 4.49.